The Morgan fingerprint density at radius 1 is 1.47 bits per heavy atom. The lowest BCUT2D eigenvalue weighted by Crippen LogP contribution is -2.33. The summed E-state index contributed by atoms with van der Waals surface area (Å²) in [5.41, 5.74) is 0.783. The number of aromatic nitrogens is 2. The summed E-state index contributed by atoms with van der Waals surface area (Å²) in [6, 6.07) is 6.36. The second kappa shape index (κ2) is 5.81. The largest absolute Gasteiger partial charge is 0.480 e. The van der Waals surface area contributed by atoms with E-state index in [1.165, 1.54) is 0 Å². The highest BCUT2D eigenvalue weighted by molar-refractivity contribution is 6.30. The average molecular weight is 282 g/mol. The molecule has 1 aromatic carbocycles. The number of carboxylic acid groups (broad SMARTS) is 1. The molecule has 0 unspecified atom stereocenters. The van der Waals surface area contributed by atoms with Gasteiger partial charge in [0.2, 0.25) is 11.7 Å². The van der Waals surface area contributed by atoms with Gasteiger partial charge < -0.3 is 9.63 Å². The minimum atomic E-state index is -0.933. The summed E-state index contributed by atoms with van der Waals surface area (Å²) in [7, 11) is 0. The summed E-state index contributed by atoms with van der Waals surface area (Å²) in [6.45, 7) is 1.74. The SMILES string of the molecule is C[C@H](NCc1nc(-c2ccc(Cl)cc2)no1)C(=O)O. The van der Waals surface area contributed by atoms with Crippen LogP contribution in [0.5, 0.6) is 0 Å². The normalized spacial score (nSPS) is 12.3. The number of nitrogens with zero attached hydrogens (tertiary/aromatic N) is 2. The van der Waals surface area contributed by atoms with E-state index in [0.29, 0.717) is 16.7 Å². The van der Waals surface area contributed by atoms with Crippen LogP contribution < -0.4 is 5.32 Å². The second-order valence-corrected chi connectivity index (χ2v) is 4.40. The molecule has 6 nitrogen and oxygen atoms in total. The van der Waals surface area contributed by atoms with Crippen LogP contribution in [0.2, 0.25) is 5.02 Å². The molecule has 0 spiro atoms. The molecule has 0 fully saturated rings. The maximum atomic E-state index is 10.6. The minimum absolute atomic E-state index is 0.202. The van der Waals surface area contributed by atoms with E-state index in [9.17, 15) is 4.79 Å². The Kier molecular flexibility index (Phi) is 4.13. The summed E-state index contributed by atoms with van der Waals surface area (Å²) in [4.78, 5) is 14.8. The van der Waals surface area contributed by atoms with Crippen LogP contribution in [0.3, 0.4) is 0 Å². The van der Waals surface area contributed by atoms with Gasteiger partial charge in [0.1, 0.15) is 6.04 Å². The number of rotatable bonds is 5. The Morgan fingerprint density at radius 2 is 2.16 bits per heavy atom. The van der Waals surface area contributed by atoms with Crippen molar-refractivity contribution in [3.63, 3.8) is 0 Å². The van der Waals surface area contributed by atoms with Gasteiger partial charge in [-0.2, -0.15) is 4.98 Å². The van der Waals surface area contributed by atoms with Gasteiger partial charge in [-0.3, -0.25) is 10.1 Å². The summed E-state index contributed by atoms with van der Waals surface area (Å²) in [6.07, 6.45) is 0. The molecule has 1 aromatic heterocycles. The Bertz CT molecular complexity index is 568. The monoisotopic (exact) mass is 281 g/mol. The van der Waals surface area contributed by atoms with Crippen LogP contribution in [-0.2, 0) is 11.3 Å². The van der Waals surface area contributed by atoms with Crippen molar-refractivity contribution in [2.75, 3.05) is 0 Å². The molecule has 2 N–H and O–H groups in total. The molecular weight excluding hydrogens is 270 g/mol. The molecule has 0 aliphatic heterocycles. The van der Waals surface area contributed by atoms with Crippen LogP contribution in [-0.4, -0.2) is 27.3 Å². The lowest BCUT2D eigenvalue weighted by molar-refractivity contribution is -0.139. The van der Waals surface area contributed by atoms with E-state index in [1.54, 1.807) is 31.2 Å². The first-order valence-corrected chi connectivity index (χ1v) is 5.99. The van der Waals surface area contributed by atoms with Crippen molar-refractivity contribution in [2.45, 2.75) is 19.5 Å². The highest BCUT2D eigenvalue weighted by Crippen LogP contribution is 2.18. The van der Waals surface area contributed by atoms with Crippen LogP contribution >= 0.6 is 11.6 Å². The van der Waals surface area contributed by atoms with E-state index in [2.05, 4.69) is 15.5 Å². The summed E-state index contributed by atoms with van der Waals surface area (Å²) in [5.74, 6) is -0.160. The third kappa shape index (κ3) is 3.52. The zero-order valence-electron chi connectivity index (χ0n) is 10.1. The highest BCUT2D eigenvalue weighted by atomic mass is 35.5. The Hall–Kier alpha value is -1.92. The van der Waals surface area contributed by atoms with Crippen LogP contribution in [0.1, 0.15) is 12.8 Å². The first-order valence-electron chi connectivity index (χ1n) is 5.61. The fourth-order valence-electron chi connectivity index (χ4n) is 1.37. The van der Waals surface area contributed by atoms with Gasteiger partial charge >= 0.3 is 5.97 Å². The lowest BCUT2D eigenvalue weighted by Gasteiger charge is -2.05. The van der Waals surface area contributed by atoms with Crippen LogP contribution in [0.25, 0.3) is 11.4 Å². The molecule has 0 bridgehead atoms. The van der Waals surface area contributed by atoms with Gasteiger partial charge in [-0.15, -0.1) is 0 Å². The Morgan fingerprint density at radius 3 is 2.79 bits per heavy atom. The number of benzene rings is 1. The predicted octanol–water partition coefficient (Wildman–Crippen LogP) is 1.95. The molecule has 7 heteroatoms. The molecule has 100 valence electrons. The van der Waals surface area contributed by atoms with Crippen molar-refractivity contribution in [1.29, 1.82) is 0 Å². The lowest BCUT2D eigenvalue weighted by atomic mass is 10.2. The number of carbonyl (C=O) groups is 1. The fourth-order valence-corrected chi connectivity index (χ4v) is 1.50. The van der Waals surface area contributed by atoms with E-state index < -0.39 is 12.0 Å². The number of nitrogens with one attached hydrogen (secondary N) is 1. The van der Waals surface area contributed by atoms with Gasteiger partial charge in [-0.05, 0) is 31.2 Å². The standard InChI is InChI=1S/C12H12ClN3O3/c1-7(12(17)18)14-6-10-15-11(16-19-10)8-2-4-9(13)5-3-8/h2-5,7,14H,6H2,1H3,(H,17,18)/t7-/m0/s1. The molecule has 19 heavy (non-hydrogen) atoms. The van der Waals surface area contributed by atoms with Crippen LogP contribution in [0, 0.1) is 0 Å². The maximum Gasteiger partial charge on any atom is 0.320 e. The van der Waals surface area contributed by atoms with Crippen LogP contribution in [0.4, 0.5) is 0 Å². The molecule has 0 amide bonds. The van der Waals surface area contributed by atoms with Crippen molar-refractivity contribution in [3.8, 4) is 11.4 Å². The predicted molar refractivity (Wildman–Crippen MR) is 68.7 cm³/mol. The molecule has 2 rings (SSSR count). The third-order valence-corrected chi connectivity index (χ3v) is 2.75. The van der Waals surface area contributed by atoms with Gasteiger partial charge in [-0.25, -0.2) is 0 Å². The molecule has 2 aromatic rings. The minimum Gasteiger partial charge on any atom is -0.480 e. The number of halogens is 1. The molecule has 0 saturated heterocycles. The second-order valence-electron chi connectivity index (χ2n) is 3.96. The first kappa shape index (κ1) is 13.5. The molecule has 0 aliphatic carbocycles. The first-order chi connectivity index (χ1) is 9.06. The number of carboxylic acids is 1. The Balaban J connectivity index is 2.03. The topological polar surface area (TPSA) is 88.3 Å². The molecular formula is C12H12ClN3O3. The van der Waals surface area contributed by atoms with Gasteiger partial charge in [0.15, 0.2) is 0 Å². The van der Waals surface area contributed by atoms with Gasteiger partial charge in [0.25, 0.3) is 0 Å². The summed E-state index contributed by atoms with van der Waals surface area (Å²) < 4.78 is 5.03. The maximum absolute atomic E-state index is 10.6. The van der Waals surface area contributed by atoms with E-state index in [4.69, 9.17) is 21.2 Å². The van der Waals surface area contributed by atoms with Crippen molar-refractivity contribution in [2.24, 2.45) is 0 Å². The van der Waals surface area contributed by atoms with Gasteiger partial charge in [0.05, 0.1) is 6.54 Å². The quantitative estimate of drug-likeness (QED) is 0.871. The molecule has 1 heterocycles. The number of hydrogen-bond acceptors (Lipinski definition) is 5. The van der Waals surface area contributed by atoms with Crippen molar-refractivity contribution in [3.05, 3.63) is 35.2 Å². The third-order valence-electron chi connectivity index (χ3n) is 2.50. The average Bonchev–Trinajstić information content (AvgIpc) is 2.85. The zero-order valence-corrected chi connectivity index (χ0v) is 10.9. The van der Waals surface area contributed by atoms with E-state index >= 15 is 0 Å². The van der Waals surface area contributed by atoms with E-state index in [-0.39, 0.29) is 6.54 Å². The van der Waals surface area contributed by atoms with E-state index in [1.807, 2.05) is 0 Å². The highest BCUT2D eigenvalue weighted by Gasteiger charge is 2.13. The van der Waals surface area contributed by atoms with Gasteiger partial charge in [0, 0.05) is 10.6 Å². The molecule has 0 aliphatic rings. The van der Waals surface area contributed by atoms with Crippen molar-refractivity contribution in [1.82, 2.24) is 15.5 Å². The number of hydrogen-bond donors (Lipinski definition) is 2. The van der Waals surface area contributed by atoms with Gasteiger partial charge in [-0.1, -0.05) is 16.8 Å². The fraction of sp³-hybridized carbons (Fsp3) is 0.250. The molecule has 0 saturated carbocycles. The van der Waals surface area contributed by atoms with Crippen molar-refractivity contribution < 1.29 is 14.4 Å². The molecule has 1 atom stereocenters. The number of aliphatic carboxylic acids is 1. The van der Waals surface area contributed by atoms with E-state index in [0.717, 1.165) is 5.56 Å². The Labute approximate surface area is 114 Å². The summed E-state index contributed by atoms with van der Waals surface area (Å²) >= 11 is 5.79. The van der Waals surface area contributed by atoms with Crippen LogP contribution in [0.15, 0.2) is 28.8 Å². The smallest absolute Gasteiger partial charge is 0.320 e. The zero-order chi connectivity index (χ0) is 13.8. The summed E-state index contributed by atoms with van der Waals surface area (Å²) in [5, 5.41) is 15.9. The molecule has 0 radical (unpaired) electrons. The van der Waals surface area contributed by atoms with Crippen molar-refractivity contribution >= 4 is 17.6 Å².